The summed E-state index contributed by atoms with van der Waals surface area (Å²) in [7, 11) is -3.91. The van der Waals surface area contributed by atoms with E-state index in [4.69, 9.17) is 9.88 Å². The van der Waals surface area contributed by atoms with Gasteiger partial charge >= 0.3 is 5.97 Å². The Hall–Kier alpha value is -3.87. The first kappa shape index (κ1) is 26.2. The summed E-state index contributed by atoms with van der Waals surface area (Å²) in [6.45, 7) is 5.88. The van der Waals surface area contributed by atoms with Crippen LogP contribution in [-0.4, -0.2) is 36.7 Å². The van der Waals surface area contributed by atoms with E-state index in [2.05, 4.69) is 10.4 Å². The molecule has 0 atom stereocenters. The number of carbonyl (C=O) groups is 2. The number of thiophene rings is 1. The quantitative estimate of drug-likeness (QED) is 0.340. The molecule has 2 aromatic heterocycles. The predicted octanol–water partition coefficient (Wildman–Crippen LogP) is 3.65. The van der Waals surface area contributed by atoms with Crippen LogP contribution in [-0.2, 0) is 14.8 Å². The fourth-order valence-corrected chi connectivity index (χ4v) is 5.09. The van der Waals surface area contributed by atoms with Gasteiger partial charge in [0, 0.05) is 16.3 Å². The number of amides is 1. The van der Waals surface area contributed by atoms with Gasteiger partial charge < -0.3 is 10.1 Å². The van der Waals surface area contributed by atoms with Gasteiger partial charge in [-0.2, -0.15) is 9.78 Å². The first-order valence-electron chi connectivity index (χ1n) is 11.3. The molecule has 3 N–H and O–H groups in total. The monoisotopic (exact) mass is 540 g/mol. The number of esters is 1. The molecule has 2 heterocycles. The molecule has 0 bridgehead atoms. The zero-order chi connectivity index (χ0) is 26.9. The summed E-state index contributed by atoms with van der Waals surface area (Å²) in [6, 6.07) is 12.3. The van der Waals surface area contributed by atoms with Crippen molar-refractivity contribution in [1.29, 1.82) is 0 Å². The third-order valence-corrected chi connectivity index (χ3v) is 7.42. The van der Waals surface area contributed by atoms with Gasteiger partial charge in [0.15, 0.2) is 5.69 Å². The minimum Gasteiger partial charge on any atom is -0.461 e. The first-order valence-corrected chi connectivity index (χ1v) is 13.7. The van der Waals surface area contributed by atoms with E-state index in [-0.39, 0.29) is 44.5 Å². The summed E-state index contributed by atoms with van der Waals surface area (Å²) in [5.41, 5.74) is 1.09. The van der Waals surface area contributed by atoms with E-state index in [0.717, 1.165) is 21.6 Å². The van der Waals surface area contributed by atoms with Gasteiger partial charge in [-0.3, -0.25) is 9.59 Å². The smallest absolute Gasteiger partial charge is 0.359 e. The molecule has 192 valence electrons. The van der Waals surface area contributed by atoms with Gasteiger partial charge in [0.05, 0.1) is 22.6 Å². The lowest BCUT2D eigenvalue weighted by Gasteiger charge is -2.11. The van der Waals surface area contributed by atoms with Crippen LogP contribution in [0.25, 0.3) is 16.5 Å². The maximum atomic E-state index is 13.6. The van der Waals surface area contributed by atoms with E-state index in [1.165, 1.54) is 24.3 Å². The molecule has 0 aliphatic carbocycles. The Kier molecular flexibility index (Phi) is 7.25. The van der Waals surface area contributed by atoms with Crippen molar-refractivity contribution in [2.75, 3.05) is 11.9 Å². The minimum atomic E-state index is -3.91. The van der Waals surface area contributed by atoms with Crippen molar-refractivity contribution < 1.29 is 22.7 Å². The number of carbonyl (C=O) groups excluding carboxylic acids is 2. The Balaban J connectivity index is 1.81. The van der Waals surface area contributed by atoms with Crippen LogP contribution in [0.3, 0.4) is 0 Å². The number of nitrogens with one attached hydrogen (secondary N) is 1. The van der Waals surface area contributed by atoms with Crippen LogP contribution in [0.15, 0.2) is 63.6 Å². The number of nitrogens with two attached hydrogens (primary N) is 1. The van der Waals surface area contributed by atoms with Crippen LogP contribution < -0.4 is 16.0 Å². The Morgan fingerprint density at radius 2 is 1.76 bits per heavy atom. The summed E-state index contributed by atoms with van der Waals surface area (Å²) in [6.07, 6.45) is 0. The summed E-state index contributed by atoms with van der Waals surface area (Å²) in [5.74, 6) is -0.991. The molecule has 0 saturated carbocycles. The molecule has 12 heteroatoms. The largest absolute Gasteiger partial charge is 0.461 e. The van der Waals surface area contributed by atoms with Gasteiger partial charge in [0.25, 0.3) is 11.5 Å². The number of hydrogen-bond acceptors (Lipinski definition) is 8. The molecule has 1 amide bonds. The summed E-state index contributed by atoms with van der Waals surface area (Å²) in [5, 5.41) is 14.2. The molecule has 10 nitrogen and oxygen atoms in total. The van der Waals surface area contributed by atoms with Gasteiger partial charge in [0.1, 0.15) is 5.00 Å². The molecule has 4 aromatic rings. The fraction of sp³-hybridized carbons (Fsp3) is 0.200. The predicted molar refractivity (Wildman–Crippen MR) is 141 cm³/mol. The highest BCUT2D eigenvalue weighted by Gasteiger charge is 2.23. The highest BCUT2D eigenvalue weighted by Crippen LogP contribution is 2.31. The van der Waals surface area contributed by atoms with Crippen LogP contribution in [0.1, 0.15) is 53.1 Å². The number of benzene rings is 2. The van der Waals surface area contributed by atoms with Gasteiger partial charge in [-0.1, -0.05) is 26.0 Å². The van der Waals surface area contributed by atoms with Crippen LogP contribution in [0.5, 0.6) is 0 Å². The topological polar surface area (TPSA) is 150 Å². The van der Waals surface area contributed by atoms with Crippen LogP contribution in [0.4, 0.5) is 5.00 Å². The standard InChI is InChI=1S/C25H24N4O6S2/c1-4-35-25(32)21-19-13-36-23(27-22(30)16-7-11-18(12-8-16)37(26,33)34)20(19)24(31)29(28-21)17-9-5-15(6-10-17)14(2)3/h5-14H,4H2,1-3H3,(H,27,30)(H2,26,33,34). The number of hydrogen-bond donors (Lipinski definition) is 2. The van der Waals surface area contributed by atoms with Crippen LogP contribution in [0.2, 0.25) is 0 Å². The third kappa shape index (κ3) is 5.31. The van der Waals surface area contributed by atoms with Gasteiger partial charge in [0.2, 0.25) is 10.0 Å². The minimum absolute atomic E-state index is 0.0568. The van der Waals surface area contributed by atoms with Gasteiger partial charge in [-0.15, -0.1) is 11.3 Å². The SMILES string of the molecule is CCOC(=O)c1nn(-c2ccc(C(C)C)cc2)c(=O)c2c(NC(=O)c3ccc(S(N)(=O)=O)cc3)scc12. The molecule has 0 radical (unpaired) electrons. The molecule has 37 heavy (non-hydrogen) atoms. The van der Waals surface area contributed by atoms with Crippen molar-refractivity contribution in [2.45, 2.75) is 31.6 Å². The zero-order valence-electron chi connectivity index (χ0n) is 20.2. The maximum Gasteiger partial charge on any atom is 0.359 e. The molecule has 0 unspecified atom stereocenters. The van der Waals surface area contributed by atoms with Crippen molar-refractivity contribution in [3.05, 3.63) is 81.1 Å². The van der Waals surface area contributed by atoms with E-state index in [0.29, 0.717) is 5.69 Å². The van der Waals surface area contributed by atoms with Crippen molar-refractivity contribution in [3.8, 4) is 5.69 Å². The number of fused-ring (bicyclic) bond motifs is 1. The third-order valence-electron chi connectivity index (χ3n) is 5.60. The second kappa shape index (κ2) is 10.2. The molecule has 2 aromatic carbocycles. The Morgan fingerprint density at radius 1 is 1.11 bits per heavy atom. The zero-order valence-corrected chi connectivity index (χ0v) is 21.9. The number of rotatable bonds is 7. The molecule has 0 saturated heterocycles. The van der Waals surface area contributed by atoms with Crippen LogP contribution >= 0.6 is 11.3 Å². The van der Waals surface area contributed by atoms with E-state index in [1.807, 2.05) is 26.0 Å². The Labute approximate surface area is 216 Å². The maximum absolute atomic E-state index is 13.6. The lowest BCUT2D eigenvalue weighted by atomic mass is 10.0. The average Bonchev–Trinajstić information content (AvgIpc) is 3.28. The number of ether oxygens (including phenoxy) is 1. The molecule has 0 aliphatic rings. The summed E-state index contributed by atoms with van der Waals surface area (Å²) < 4.78 is 29.2. The van der Waals surface area contributed by atoms with Gasteiger partial charge in [-0.05, 0) is 54.8 Å². The molecule has 4 rings (SSSR count). The van der Waals surface area contributed by atoms with E-state index >= 15 is 0 Å². The number of anilines is 1. The first-order chi connectivity index (χ1) is 17.5. The molecular weight excluding hydrogens is 516 g/mol. The molecule has 0 spiro atoms. The number of primary sulfonamides is 1. The lowest BCUT2D eigenvalue weighted by Crippen LogP contribution is -2.25. The van der Waals surface area contributed by atoms with Crippen molar-refractivity contribution in [2.24, 2.45) is 5.14 Å². The lowest BCUT2D eigenvalue weighted by molar-refractivity contribution is 0.0519. The second-order valence-corrected chi connectivity index (χ2v) is 10.9. The van der Waals surface area contributed by atoms with E-state index in [9.17, 15) is 22.8 Å². The normalized spacial score (nSPS) is 11.6. The Morgan fingerprint density at radius 3 is 2.32 bits per heavy atom. The van der Waals surface area contributed by atoms with Crippen molar-refractivity contribution >= 4 is 49.0 Å². The molecule has 0 aliphatic heterocycles. The summed E-state index contributed by atoms with van der Waals surface area (Å²) >= 11 is 1.06. The van der Waals surface area contributed by atoms with Gasteiger partial charge in [-0.25, -0.2) is 18.4 Å². The summed E-state index contributed by atoms with van der Waals surface area (Å²) in [4.78, 5) is 39.0. The Bertz CT molecular complexity index is 1650. The van der Waals surface area contributed by atoms with Crippen LogP contribution in [0, 0.1) is 0 Å². The number of nitrogens with zero attached hydrogens (tertiary/aromatic N) is 2. The van der Waals surface area contributed by atoms with E-state index < -0.39 is 27.5 Å². The van der Waals surface area contributed by atoms with E-state index in [1.54, 1.807) is 24.4 Å². The highest BCUT2D eigenvalue weighted by molar-refractivity contribution is 7.89. The number of aromatic nitrogens is 2. The highest BCUT2D eigenvalue weighted by atomic mass is 32.2. The van der Waals surface area contributed by atoms with Crippen molar-refractivity contribution in [1.82, 2.24) is 9.78 Å². The van der Waals surface area contributed by atoms with Crippen molar-refractivity contribution in [3.63, 3.8) is 0 Å². The molecule has 0 fully saturated rings. The fourth-order valence-electron chi connectivity index (χ4n) is 3.64. The average molecular weight is 541 g/mol. The second-order valence-electron chi connectivity index (χ2n) is 8.41. The molecular formula is C25H24N4O6S2. The number of sulfonamides is 1.